The minimum atomic E-state index is -0.575. The summed E-state index contributed by atoms with van der Waals surface area (Å²) in [4.78, 5) is 11.6. The molecule has 0 saturated carbocycles. The van der Waals surface area contributed by atoms with Crippen LogP contribution in [0.1, 0.15) is 46.0 Å². The van der Waals surface area contributed by atoms with E-state index >= 15 is 4.39 Å². The number of nitrogens with zero attached hydrogens (tertiary/aromatic N) is 3. The van der Waals surface area contributed by atoms with E-state index in [0.717, 1.165) is 50.6 Å². The highest BCUT2D eigenvalue weighted by Crippen LogP contribution is 2.41. The van der Waals surface area contributed by atoms with E-state index in [1.165, 1.54) is 12.1 Å². The van der Waals surface area contributed by atoms with Gasteiger partial charge in [-0.25, -0.2) is 8.78 Å². The van der Waals surface area contributed by atoms with Crippen LogP contribution in [0.15, 0.2) is 42.5 Å². The zero-order chi connectivity index (χ0) is 31.5. The van der Waals surface area contributed by atoms with E-state index in [4.69, 9.17) is 26.1 Å². The summed E-state index contributed by atoms with van der Waals surface area (Å²) in [6.07, 6.45) is 5.19. The van der Waals surface area contributed by atoms with E-state index in [1.807, 2.05) is 19.2 Å². The molecule has 4 aromatic rings. The number of anilines is 1. The van der Waals surface area contributed by atoms with Gasteiger partial charge < -0.3 is 25.0 Å². The van der Waals surface area contributed by atoms with Crippen LogP contribution in [-0.4, -0.2) is 68.1 Å². The van der Waals surface area contributed by atoms with Gasteiger partial charge in [-0.1, -0.05) is 56.1 Å². The second kappa shape index (κ2) is 14.1. The third-order valence-electron chi connectivity index (χ3n) is 9.09. The lowest BCUT2D eigenvalue weighted by Crippen LogP contribution is -2.51. The maximum atomic E-state index is 16.7. The maximum absolute atomic E-state index is 16.7. The minimum absolute atomic E-state index is 0.130. The van der Waals surface area contributed by atoms with Crippen LogP contribution in [0, 0.1) is 17.6 Å². The van der Waals surface area contributed by atoms with Gasteiger partial charge in [0.15, 0.2) is 5.82 Å². The average molecular weight is 638 g/mol. The first-order valence-electron chi connectivity index (χ1n) is 16.1. The zero-order valence-corrected chi connectivity index (χ0v) is 27.0. The van der Waals surface area contributed by atoms with Crippen molar-refractivity contribution < 1.29 is 18.3 Å². The average Bonchev–Trinajstić information content (AvgIpc) is 3.38. The molecule has 0 amide bonds. The van der Waals surface area contributed by atoms with E-state index in [9.17, 15) is 4.39 Å². The summed E-state index contributed by atoms with van der Waals surface area (Å²) >= 11 is 6.85. The number of nitrogens with one attached hydrogen (secondary N) is 2. The second-order valence-corrected chi connectivity index (χ2v) is 12.9. The van der Waals surface area contributed by atoms with Crippen molar-refractivity contribution in [2.45, 2.75) is 64.1 Å². The van der Waals surface area contributed by atoms with Gasteiger partial charge >= 0.3 is 6.01 Å². The molecule has 2 N–H and O–H groups in total. The first kappa shape index (κ1) is 31.9. The van der Waals surface area contributed by atoms with Gasteiger partial charge in [-0.15, -0.1) is 0 Å². The summed E-state index contributed by atoms with van der Waals surface area (Å²) in [5, 5.41) is 9.07. The minimum Gasteiger partial charge on any atom is -0.463 e. The number of aromatic nitrogens is 2. The van der Waals surface area contributed by atoms with Gasteiger partial charge in [0.2, 0.25) is 0 Å². The van der Waals surface area contributed by atoms with Crippen LogP contribution < -0.4 is 20.3 Å². The lowest BCUT2D eigenvalue weighted by Gasteiger charge is -2.34. The molecule has 240 valence electrons. The first-order chi connectivity index (χ1) is 21.8. The molecule has 3 aromatic carbocycles. The summed E-state index contributed by atoms with van der Waals surface area (Å²) in [5.74, 6) is -0.176. The van der Waals surface area contributed by atoms with Gasteiger partial charge in [-0.05, 0) is 73.2 Å². The fraction of sp³-hybridized carbons (Fsp3) is 0.486. The molecule has 4 unspecified atom stereocenters. The van der Waals surface area contributed by atoms with E-state index in [2.05, 4.69) is 34.4 Å². The lowest BCUT2D eigenvalue weighted by atomic mass is 9.96. The SMILES string of the molecule is CCCC(COCCC(C)COc1nc(N2CC3CCC(C2)N3)c2cc(Cl)c(-c3cccc4ccc(F)cc34)c(F)c2n1)NC. The van der Waals surface area contributed by atoms with Crippen LogP contribution in [0.2, 0.25) is 5.02 Å². The Morgan fingerprint density at radius 2 is 1.84 bits per heavy atom. The Morgan fingerprint density at radius 3 is 2.60 bits per heavy atom. The second-order valence-electron chi connectivity index (χ2n) is 12.5. The van der Waals surface area contributed by atoms with Crippen LogP contribution in [0.4, 0.5) is 14.6 Å². The molecule has 2 fully saturated rings. The van der Waals surface area contributed by atoms with Gasteiger partial charge in [0.25, 0.3) is 0 Å². The molecule has 6 rings (SSSR count). The summed E-state index contributed by atoms with van der Waals surface area (Å²) in [6, 6.07) is 12.9. The number of hydrogen-bond donors (Lipinski definition) is 2. The number of piperazine rings is 1. The standard InChI is InChI=1S/C35H42ClF2N5O2/c1-4-6-26(39-3)20-44-14-13-21(2)19-45-35-41-33-29(34(42-35)43-17-24-11-12-25(18-43)40-24)16-30(36)31(32(33)38)27-8-5-7-22-9-10-23(37)15-28(22)27/h5,7-10,15-16,21,24-26,39-40H,4,6,11-14,17-20H2,1-3H3. The number of benzene rings is 3. The zero-order valence-electron chi connectivity index (χ0n) is 26.2. The molecule has 2 aliphatic rings. The number of likely N-dealkylation sites (N-methyl/N-ethyl adjacent to an activating group) is 1. The highest BCUT2D eigenvalue weighted by atomic mass is 35.5. The van der Waals surface area contributed by atoms with E-state index in [1.54, 1.807) is 18.2 Å². The Bertz CT molecular complexity index is 1640. The van der Waals surface area contributed by atoms with E-state index in [-0.39, 0.29) is 28.0 Å². The number of hydrogen-bond acceptors (Lipinski definition) is 7. The molecular formula is C35H42ClF2N5O2. The summed E-state index contributed by atoms with van der Waals surface area (Å²) in [7, 11) is 1.96. The van der Waals surface area contributed by atoms with Crippen molar-refractivity contribution in [2.75, 3.05) is 44.9 Å². The van der Waals surface area contributed by atoms with E-state index in [0.29, 0.717) is 60.1 Å². The maximum Gasteiger partial charge on any atom is 0.319 e. The molecule has 45 heavy (non-hydrogen) atoms. The van der Waals surface area contributed by atoms with Crippen LogP contribution in [0.5, 0.6) is 6.01 Å². The van der Waals surface area contributed by atoms with Crippen LogP contribution in [0.25, 0.3) is 32.8 Å². The Kier molecular flexibility index (Phi) is 9.99. The number of fused-ring (bicyclic) bond motifs is 4. The van der Waals surface area contributed by atoms with Gasteiger partial charge in [-0.3, -0.25) is 0 Å². The third kappa shape index (κ3) is 7.02. The summed E-state index contributed by atoms with van der Waals surface area (Å²) < 4.78 is 43.1. The highest BCUT2D eigenvalue weighted by molar-refractivity contribution is 6.35. The summed E-state index contributed by atoms with van der Waals surface area (Å²) in [6.45, 7) is 7.45. The monoisotopic (exact) mass is 637 g/mol. The van der Waals surface area contributed by atoms with Crippen LogP contribution >= 0.6 is 11.6 Å². The molecule has 0 aliphatic carbocycles. The highest BCUT2D eigenvalue weighted by Gasteiger charge is 2.34. The lowest BCUT2D eigenvalue weighted by molar-refractivity contribution is 0.0930. The number of ether oxygens (including phenoxy) is 2. The van der Waals surface area contributed by atoms with Gasteiger partial charge in [-0.2, -0.15) is 9.97 Å². The Balaban J connectivity index is 1.31. The largest absolute Gasteiger partial charge is 0.463 e. The fourth-order valence-corrected chi connectivity index (χ4v) is 6.91. The van der Waals surface area contributed by atoms with Crippen LogP contribution in [0.3, 0.4) is 0 Å². The van der Waals surface area contributed by atoms with Crippen molar-refractivity contribution in [3.63, 3.8) is 0 Å². The summed E-state index contributed by atoms with van der Waals surface area (Å²) in [5.41, 5.74) is 0.829. The van der Waals surface area contributed by atoms with Crippen LogP contribution in [-0.2, 0) is 4.74 Å². The molecule has 4 atom stereocenters. The predicted octanol–water partition coefficient (Wildman–Crippen LogP) is 7.13. The van der Waals surface area contributed by atoms with Gasteiger partial charge in [0.1, 0.15) is 17.2 Å². The molecule has 0 spiro atoms. The Morgan fingerprint density at radius 1 is 1.04 bits per heavy atom. The topological polar surface area (TPSA) is 71.5 Å². The molecule has 10 heteroatoms. The molecule has 2 bridgehead atoms. The predicted molar refractivity (Wildman–Crippen MR) is 177 cm³/mol. The quantitative estimate of drug-likeness (QED) is 0.151. The molecule has 1 aromatic heterocycles. The van der Waals surface area contributed by atoms with Crippen molar-refractivity contribution >= 4 is 39.1 Å². The Hall–Kier alpha value is -3.11. The normalized spacial score (nSPS) is 19.4. The van der Waals surface area contributed by atoms with Crippen molar-refractivity contribution in [2.24, 2.45) is 5.92 Å². The molecule has 2 aliphatic heterocycles. The van der Waals surface area contributed by atoms with Crippen molar-refractivity contribution in [3.05, 3.63) is 59.1 Å². The smallest absolute Gasteiger partial charge is 0.319 e. The van der Waals surface area contributed by atoms with Crippen molar-refractivity contribution in [3.8, 4) is 17.1 Å². The molecule has 7 nitrogen and oxygen atoms in total. The fourth-order valence-electron chi connectivity index (χ4n) is 6.61. The number of halogens is 3. The van der Waals surface area contributed by atoms with Gasteiger partial charge in [0, 0.05) is 48.8 Å². The third-order valence-corrected chi connectivity index (χ3v) is 9.39. The number of rotatable bonds is 13. The molecule has 2 saturated heterocycles. The van der Waals surface area contributed by atoms with Crippen molar-refractivity contribution in [1.29, 1.82) is 0 Å². The van der Waals surface area contributed by atoms with Gasteiger partial charge in [0.05, 0.1) is 18.2 Å². The van der Waals surface area contributed by atoms with Crippen molar-refractivity contribution in [1.82, 2.24) is 20.6 Å². The van der Waals surface area contributed by atoms with E-state index < -0.39 is 11.6 Å². The first-order valence-corrected chi connectivity index (χ1v) is 16.5. The Labute approximate surface area is 268 Å². The molecule has 3 heterocycles. The molecular weight excluding hydrogens is 596 g/mol. The molecule has 0 radical (unpaired) electrons.